The fraction of sp³-hybridized carbons (Fsp3) is 0.500. The molecule has 37 heavy (non-hydrogen) atoms. The van der Waals surface area contributed by atoms with Crippen LogP contribution in [0.3, 0.4) is 0 Å². The molecule has 2 aliphatic carbocycles. The number of hydrogen-bond donors (Lipinski definition) is 2. The van der Waals surface area contributed by atoms with Crippen LogP contribution in [0.2, 0.25) is 0 Å². The number of H-pyrrole nitrogens is 2. The molecular weight excluding hydrogens is 482 g/mol. The molecule has 6 nitrogen and oxygen atoms in total. The zero-order valence-electron chi connectivity index (χ0n) is 21.4. The van der Waals surface area contributed by atoms with Crippen LogP contribution in [0.5, 0.6) is 0 Å². The molecule has 0 bridgehead atoms. The number of fused-ring (bicyclic) bond motifs is 3. The third-order valence-electron chi connectivity index (χ3n) is 8.29. The fourth-order valence-electron chi connectivity index (χ4n) is 5.98. The summed E-state index contributed by atoms with van der Waals surface area (Å²) in [4.78, 5) is 36.8. The number of nitrogens with zero attached hydrogens (tertiary/aromatic N) is 1. The average molecular weight is 518 g/mol. The standard InChI is InChI=1S/C30H35N3O3S/c1-2-3-4-5-21-12-18(10-11-36-21)6-9-27(34)20-14-24(29(35)32-15-20)30-33-26(17-37-30)25-16-31-28-22(25)8-7-19-13-23(19)28/h7-8,14-19,21,23,31H,2-6,9-13H2,1H3,(H,32,35). The highest BCUT2D eigenvalue weighted by Crippen LogP contribution is 2.53. The minimum atomic E-state index is -0.214. The number of nitrogens with one attached hydrogen (secondary N) is 2. The predicted molar refractivity (Wildman–Crippen MR) is 148 cm³/mol. The lowest BCUT2D eigenvalue weighted by molar-refractivity contribution is -0.0160. The van der Waals surface area contributed by atoms with E-state index in [4.69, 9.17) is 9.72 Å². The Balaban J connectivity index is 1.12. The molecule has 1 aliphatic heterocycles. The van der Waals surface area contributed by atoms with Gasteiger partial charge in [-0.25, -0.2) is 4.98 Å². The van der Waals surface area contributed by atoms with Gasteiger partial charge in [0.25, 0.3) is 5.56 Å². The van der Waals surface area contributed by atoms with Gasteiger partial charge < -0.3 is 14.7 Å². The Bertz CT molecular complexity index is 1370. The van der Waals surface area contributed by atoms with Crippen molar-refractivity contribution in [2.45, 2.75) is 76.7 Å². The number of pyridine rings is 1. The zero-order valence-corrected chi connectivity index (χ0v) is 22.2. The monoisotopic (exact) mass is 517 g/mol. The predicted octanol–water partition coefficient (Wildman–Crippen LogP) is 6.96. The van der Waals surface area contributed by atoms with Crippen molar-refractivity contribution in [3.05, 3.63) is 57.1 Å². The van der Waals surface area contributed by atoms with Gasteiger partial charge in [0, 0.05) is 59.1 Å². The summed E-state index contributed by atoms with van der Waals surface area (Å²) in [6, 6.07) is 1.72. The summed E-state index contributed by atoms with van der Waals surface area (Å²) in [7, 11) is 0. The number of Topliss-reactive ketones (excluding diaryl/α,β-unsaturated/α-hetero) is 1. The smallest absolute Gasteiger partial charge is 0.258 e. The highest BCUT2D eigenvalue weighted by Gasteiger charge is 2.41. The molecule has 6 rings (SSSR count). The SMILES string of the molecule is CCCCCC1CC(CCC(=O)c2c[nH]c(=O)c(-c3nc(-c4c[nH]c5c4C=CC4CC54)cs3)c2)CCO1. The van der Waals surface area contributed by atoms with E-state index in [0.29, 0.717) is 46.4 Å². The molecule has 7 heteroatoms. The number of carbonyl (C=O) groups excluding carboxylic acids is 1. The fourth-order valence-corrected chi connectivity index (χ4v) is 6.81. The normalized spacial score (nSPS) is 24.0. The molecule has 1 saturated heterocycles. The van der Waals surface area contributed by atoms with E-state index in [-0.39, 0.29) is 11.3 Å². The van der Waals surface area contributed by atoms with Crippen LogP contribution in [0.15, 0.2) is 34.7 Å². The number of ketones is 1. The largest absolute Gasteiger partial charge is 0.378 e. The molecule has 0 aromatic carbocycles. The van der Waals surface area contributed by atoms with E-state index in [9.17, 15) is 9.59 Å². The van der Waals surface area contributed by atoms with Gasteiger partial charge in [0.05, 0.1) is 17.4 Å². The second-order valence-electron chi connectivity index (χ2n) is 10.9. The first kappa shape index (κ1) is 24.6. The van der Waals surface area contributed by atoms with Crippen molar-refractivity contribution in [2.75, 3.05) is 6.61 Å². The van der Waals surface area contributed by atoms with E-state index in [1.54, 1.807) is 12.3 Å². The van der Waals surface area contributed by atoms with Crippen molar-refractivity contribution < 1.29 is 9.53 Å². The molecule has 1 saturated carbocycles. The lowest BCUT2D eigenvalue weighted by Gasteiger charge is -2.29. The number of hydrogen-bond acceptors (Lipinski definition) is 5. The minimum absolute atomic E-state index is 0.0760. The molecule has 2 N–H and O–H groups in total. The van der Waals surface area contributed by atoms with Gasteiger partial charge in [-0.15, -0.1) is 11.3 Å². The zero-order chi connectivity index (χ0) is 25.4. The molecular formula is C30H35N3O3S. The van der Waals surface area contributed by atoms with Crippen LogP contribution in [0.4, 0.5) is 0 Å². The van der Waals surface area contributed by atoms with Crippen LogP contribution < -0.4 is 5.56 Å². The number of carbonyl (C=O) groups is 1. The number of ether oxygens (including phenoxy) is 1. The number of allylic oxidation sites excluding steroid dienone is 1. The van der Waals surface area contributed by atoms with Crippen LogP contribution in [-0.4, -0.2) is 33.4 Å². The van der Waals surface area contributed by atoms with Crippen molar-refractivity contribution >= 4 is 23.2 Å². The molecule has 0 amide bonds. The quantitative estimate of drug-likeness (QED) is 0.225. The van der Waals surface area contributed by atoms with Gasteiger partial charge in [-0.2, -0.15) is 0 Å². The van der Waals surface area contributed by atoms with Crippen LogP contribution in [-0.2, 0) is 4.74 Å². The summed E-state index contributed by atoms with van der Waals surface area (Å²) in [5, 5.41) is 2.64. The molecule has 4 unspecified atom stereocenters. The highest BCUT2D eigenvalue weighted by molar-refractivity contribution is 7.13. The van der Waals surface area contributed by atoms with Crippen molar-refractivity contribution in [1.82, 2.24) is 15.0 Å². The number of aromatic amines is 2. The van der Waals surface area contributed by atoms with E-state index in [2.05, 4.69) is 29.0 Å². The summed E-state index contributed by atoms with van der Waals surface area (Å²) in [5.74, 6) is 1.90. The first-order valence-corrected chi connectivity index (χ1v) is 14.7. The number of unbranched alkanes of at least 4 members (excludes halogenated alkanes) is 2. The van der Waals surface area contributed by atoms with Crippen LogP contribution in [0, 0.1) is 11.8 Å². The van der Waals surface area contributed by atoms with Crippen molar-refractivity contribution in [3.8, 4) is 21.8 Å². The number of thiazole rings is 1. The van der Waals surface area contributed by atoms with E-state index in [1.165, 1.54) is 48.3 Å². The van der Waals surface area contributed by atoms with Gasteiger partial charge in [0.1, 0.15) is 5.01 Å². The maximum absolute atomic E-state index is 13.1. The summed E-state index contributed by atoms with van der Waals surface area (Å²) in [6.45, 7) is 3.02. The molecule has 3 aromatic rings. The maximum Gasteiger partial charge on any atom is 0.258 e. The minimum Gasteiger partial charge on any atom is -0.378 e. The molecule has 3 aromatic heterocycles. The Morgan fingerprint density at radius 2 is 2.08 bits per heavy atom. The third kappa shape index (κ3) is 5.16. The molecule has 2 fully saturated rings. The van der Waals surface area contributed by atoms with Crippen molar-refractivity contribution in [1.29, 1.82) is 0 Å². The van der Waals surface area contributed by atoms with Crippen LogP contribution in [0.25, 0.3) is 27.9 Å². The third-order valence-corrected chi connectivity index (χ3v) is 9.17. The van der Waals surface area contributed by atoms with E-state index >= 15 is 0 Å². The molecule has 0 radical (unpaired) electrons. The average Bonchev–Trinajstić information content (AvgIpc) is 3.34. The molecule has 3 aliphatic rings. The molecule has 4 heterocycles. The van der Waals surface area contributed by atoms with Gasteiger partial charge in [0.15, 0.2) is 5.78 Å². The molecule has 0 spiro atoms. The highest BCUT2D eigenvalue weighted by atomic mass is 32.1. The lowest BCUT2D eigenvalue weighted by Crippen LogP contribution is -2.26. The molecule has 4 atom stereocenters. The summed E-state index contributed by atoms with van der Waals surface area (Å²) < 4.78 is 5.95. The number of rotatable bonds is 10. The van der Waals surface area contributed by atoms with E-state index in [0.717, 1.165) is 43.5 Å². The first-order valence-electron chi connectivity index (χ1n) is 13.8. The Kier molecular flexibility index (Phi) is 7.00. The summed E-state index contributed by atoms with van der Waals surface area (Å²) in [5.41, 5.74) is 5.27. The van der Waals surface area contributed by atoms with Crippen molar-refractivity contribution in [2.24, 2.45) is 11.8 Å². The topological polar surface area (TPSA) is 87.8 Å². The van der Waals surface area contributed by atoms with Gasteiger partial charge in [-0.05, 0) is 50.0 Å². The van der Waals surface area contributed by atoms with Gasteiger partial charge in [-0.3, -0.25) is 9.59 Å². The van der Waals surface area contributed by atoms with Gasteiger partial charge in [-0.1, -0.05) is 38.3 Å². The Morgan fingerprint density at radius 3 is 2.97 bits per heavy atom. The lowest BCUT2D eigenvalue weighted by atomic mass is 9.88. The summed E-state index contributed by atoms with van der Waals surface area (Å²) >= 11 is 1.45. The van der Waals surface area contributed by atoms with E-state index in [1.807, 2.05) is 11.6 Å². The van der Waals surface area contributed by atoms with Crippen LogP contribution in [0.1, 0.15) is 92.2 Å². The Hall–Kier alpha value is -2.77. The van der Waals surface area contributed by atoms with Gasteiger partial charge >= 0.3 is 0 Å². The maximum atomic E-state index is 13.1. The second kappa shape index (κ2) is 10.5. The second-order valence-corrected chi connectivity index (χ2v) is 11.8. The van der Waals surface area contributed by atoms with Crippen LogP contribution >= 0.6 is 11.3 Å². The molecule has 194 valence electrons. The summed E-state index contributed by atoms with van der Waals surface area (Å²) in [6.07, 6.45) is 17.9. The first-order chi connectivity index (χ1) is 18.1. The number of aromatic nitrogens is 3. The van der Waals surface area contributed by atoms with Gasteiger partial charge in [0.2, 0.25) is 0 Å². The Labute approximate surface area is 221 Å². The Morgan fingerprint density at radius 1 is 1.16 bits per heavy atom. The van der Waals surface area contributed by atoms with E-state index < -0.39 is 0 Å². The van der Waals surface area contributed by atoms with Crippen molar-refractivity contribution in [3.63, 3.8) is 0 Å².